The predicted octanol–water partition coefficient (Wildman–Crippen LogP) is 4.20. The molecule has 1 saturated carbocycles. The summed E-state index contributed by atoms with van der Waals surface area (Å²) >= 11 is 5.60. The SMILES string of the molecule is Cc1ccc(NC(=S)N2CC[C@H]3CCCC[C@@H]3C2)cc1. The lowest BCUT2D eigenvalue weighted by Crippen LogP contribution is -2.46. The molecule has 0 radical (unpaired) electrons. The second-order valence-corrected chi connectivity index (χ2v) is 6.72. The van der Waals surface area contributed by atoms with Crippen LogP contribution in [0.15, 0.2) is 24.3 Å². The Morgan fingerprint density at radius 3 is 2.55 bits per heavy atom. The Hall–Kier alpha value is -1.09. The number of hydrogen-bond donors (Lipinski definition) is 1. The van der Waals surface area contributed by atoms with Crippen LogP contribution < -0.4 is 5.32 Å². The molecule has 1 saturated heterocycles. The highest BCUT2D eigenvalue weighted by atomic mass is 32.1. The van der Waals surface area contributed by atoms with Crippen molar-refractivity contribution in [1.29, 1.82) is 0 Å². The molecule has 2 nitrogen and oxygen atoms in total. The van der Waals surface area contributed by atoms with Crippen molar-refractivity contribution in [1.82, 2.24) is 4.90 Å². The highest BCUT2D eigenvalue weighted by molar-refractivity contribution is 7.80. The average molecular weight is 288 g/mol. The summed E-state index contributed by atoms with van der Waals surface area (Å²) in [5.74, 6) is 1.83. The van der Waals surface area contributed by atoms with Gasteiger partial charge in [-0.1, -0.05) is 37.0 Å². The van der Waals surface area contributed by atoms with Crippen LogP contribution in [-0.2, 0) is 0 Å². The molecule has 0 spiro atoms. The van der Waals surface area contributed by atoms with E-state index in [9.17, 15) is 0 Å². The molecule has 1 aromatic rings. The van der Waals surface area contributed by atoms with E-state index in [4.69, 9.17) is 12.2 Å². The lowest BCUT2D eigenvalue weighted by Gasteiger charge is -2.42. The Balaban J connectivity index is 1.58. The van der Waals surface area contributed by atoms with E-state index in [1.54, 1.807) is 0 Å². The fraction of sp³-hybridized carbons (Fsp3) is 0.588. The number of nitrogens with one attached hydrogen (secondary N) is 1. The van der Waals surface area contributed by atoms with Gasteiger partial charge >= 0.3 is 0 Å². The van der Waals surface area contributed by atoms with E-state index in [0.717, 1.165) is 35.7 Å². The van der Waals surface area contributed by atoms with Crippen molar-refractivity contribution < 1.29 is 0 Å². The van der Waals surface area contributed by atoms with E-state index in [1.165, 1.54) is 37.7 Å². The van der Waals surface area contributed by atoms with Gasteiger partial charge in [0.1, 0.15) is 0 Å². The van der Waals surface area contributed by atoms with Crippen LogP contribution in [0.2, 0.25) is 0 Å². The summed E-state index contributed by atoms with van der Waals surface area (Å²) in [6.07, 6.45) is 7.01. The first-order valence-electron chi connectivity index (χ1n) is 7.85. The largest absolute Gasteiger partial charge is 0.349 e. The molecule has 1 aromatic carbocycles. The first kappa shape index (κ1) is 13.9. The van der Waals surface area contributed by atoms with Crippen molar-refractivity contribution in [2.75, 3.05) is 18.4 Å². The van der Waals surface area contributed by atoms with Crippen molar-refractivity contribution in [3.8, 4) is 0 Å². The highest BCUT2D eigenvalue weighted by Gasteiger charge is 2.31. The van der Waals surface area contributed by atoms with Gasteiger partial charge in [0.05, 0.1) is 0 Å². The number of benzene rings is 1. The summed E-state index contributed by atoms with van der Waals surface area (Å²) in [5, 5.41) is 4.29. The van der Waals surface area contributed by atoms with E-state index in [2.05, 4.69) is 41.4 Å². The van der Waals surface area contributed by atoms with Crippen LogP contribution in [0.3, 0.4) is 0 Å². The normalized spacial score (nSPS) is 25.9. The number of piperidine rings is 1. The molecule has 3 rings (SSSR count). The number of thiocarbonyl (C=S) groups is 1. The lowest BCUT2D eigenvalue weighted by atomic mass is 9.75. The molecule has 0 unspecified atom stereocenters. The van der Waals surface area contributed by atoms with Gasteiger partial charge in [-0.3, -0.25) is 0 Å². The fourth-order valence-corrected chi connectivity index (χ4v) is 3.91. The quantitative estimate of drug-likeness (QED) is 0.780. The molecule has 3 heteroatoms. The Morgan fingerprint density at radius 2 is 1.80 bits per heavy atom. The maximum atomic E-state index is 5.60. The molecule has 0 aromatic heterocycles. The van der Waals surface area contributed by atoms with Gasteiger partial charge in [0, 0.05) is 18.8 Å². The third-order valence-corrected chi connectivity index (χ3v) is 5.24. The summed E-state index contributed by atoms with van der Waals surface area (Å²) in [7, 11) is 0. The monoisotopic (exact) mass is 288 g/mol. The lowest BCUT2D eigenvalue weighted by molar-refractivity contribution is 0.131. The minimum absolute atomic E-state index is 0.871. The van der Waals surface area contributed by atoms with Gasteiger partial charge in [0.15, 0.2) is 5.11 Å². The summed E-state index contributed by atoms with van der Waals surface area (Å²) in [6, 6.07) is 8.46. The zero-order valence-corrected chi connectivity index (χ0v) is 13.1. The van der Waals surface area contributed by atoms with Crippen LogP contribution in [0.4, 0.5) is 5.69 Å². The van der Waals surface area contributed by atoms with Crippen LogP contribution in [0.25, 0.3) is 0 Å². The van der Waals surface area contributed by atoms with Gasteiger partial charge in [-0.05, 0) is 56.0 Å². The number of aryl methyl sites for hydroxylation is 1. The minimum atomic E-state index is 0.871. The smallest absolute Gasteiger partial charge is 0.173 e. The van der Waals surface area contributed by atoms with Crippen LogP contribution in [-0.4, -0.2) is 23.1 Å². The molecular weight excluding hydrogens is 264 g/mol. The number of likely N-dealkylation sites (tertiary alicyclic amines) is 1. The van der Waals surface area contributed by atoms with E-state index >= 15 is 0 Å². The molecule has 2 aliphatic rings. The standard InChI is InChI=1S/C17H24N2S/c1-13-6-8-16(9-7-13)18-17(20)19-11-10-14-4-2-3-5-15(14)12-19/h6-9,14-15H,2-5,10-12H2,1H3,(H,18,20)/t14-,15-/m1/s1. The molecule has 1 heterocycles. The van der Waals surface area contributed by atoms with Gasteiger partial charge < -0.3 is 10.2 Å². The molecule has 1 N–H and O–H groups in total. The predicted molar refractivity (Wildman–Crippen MR) is 89.0 cm³/mol. The molecule has 2 fully saturated rings. The maximum absolute atomic E-state index is 5.60. The van der Waals surface area contributed by atoms with Crippen LogP contribution in [0.5, 0.6) is 0 Å². The number of nitrogens with zero attached hydrogens (tertiary/aromatic N) is 1. The van der Waals surface area contributed by atoms with Gasteiger partial charge in [0.25, 0.3) is 0 Å². The number of anilines is 1. The van der Waals surface area contributed by atoms with Crippen molar-refractivity contribution in [3.63, 3.8) is 0 Å². The molecule has 0 amide bonds. The molecule has 0 bridgehead atoms. The van der Waals surface area contributed by atoms with Crippen LogP contribution in [0.1, 0.15) is 37.7 Å². The van der Waals surface area contributed by atoms with Crippen LogP contribution >= 0.6 is 12.2 Å². The Kier molecular flexibility index (Phi) is 4.25. The first-order chi connectivity index (χ1) is 9.72. The van der Waals surface area contributed by atoms with Gasteiger partial charge in [-0.15, -0.1) is 0 Å². The second kappa shape index (κ2) is 6.13. The summed E-state index contributed by atoms with van der Waals surface area (Å²) in [4.78, 5) is 2.38. The minimum Gasteiger partial charge on any atom is -0.349 e. The number of hydrogen-bond acceptors (Lipinski definition) is 1. The van der Waals surface area contributed by atoms with E-state index in [0.29, 0.717) is 0 Å². The van der Waals surface area contributed by atoms with Crippen LogP contribution in [0, 0.1) is 18.8 Å². The molecule has 2 atom stereocenters. The molecule has 108 valence electrons. The molecule has 1 aliphatic heterocycles. The zero-order valence-electron chi connectivity index (χ0n) is 12.3. The number of fused-ring (bicyclic) bond motifs is 1. The summed E-state index contributed by atoms with van der Waals surface area (Å²) < 4.78 is 0. The van der Waals surface area contributed by atoms with Crippen molar-refractivity contribution in [2.45, 2.75) is 39.0 Å². The average Bonchev–Trinajstić information content (AvgIpc) is 2.49. The molecule has 1 aliphatic carbocycles. The summed E-state index contributed by atoms with van der Waals surface area (Å²) in [5.41, 5.74) is 2.39. The van der Waals surface area contributed by atoms with Gasteiger partial charge in [-0.25, -0.2) is 0 Å². The summed E-state index contributed by atoms with van der Waals surface area (Å²) in [6.45, 7) is 4.39. The third kappa shape index (κ3) is 3.14. The molecule has 20 heavy (non-hydrogen) atoms. The topological polar surface area (TPSA) is 15.3 Å². The van der Waals surface area contributed by atoms with E-state index < -0.39 is 0 Å². The van der Waals surface area contributed by atoms with Crippen molar-refractivity contribution >= 4 is 23.0 Å². The molecular formula is C17H24N2S. The highest BCUT2D eigenvalue weighted by Crippen LogP contribution is 2.36. The third-order valence-electron chi connectivity index (χ3n) is 4.88. The first-order valence-corrected chi connectivity index (χ1v) is 8.26. The van der Waals surface area contributed by atoms with Gasteiger partial charge in [-0.2, -0.15) is 0 Å². The van der Waals surface area contributed by atoms with E-state index in [-0.39, 0.29) is 0 Å². The number of rotatable bonds is 1. The fourth-order valence-electron chi connectivity index (χ4n) is 3.62. The van der Waals surface area contributed by atoms with E-state index in [1.807, 2.05) is 0 Å². The second-order valence-electron chi connectivity index (χ2n) is 6.34. The van der Waals surface area contributed by atoms with Gasteiger partial charge in [0.2, 0.25) is 0 Å². The Morgan fingerprint density at radius 1 is 1.10 bits per heavy atom. The maximum Gasteiger partial charge on any atom is 0.173 e. The van der Waals surface area contributed by atoms with Crippen molar-refractivity contribution in [2.24, 2.45) is 11.8 Å². The Labute approximate surface area is 127 Å². The van der Waals surface area contributed by atoms with Crippen molar-refractivity contribution in [3.05, 3.63) is 29.8 Å². The Bertz CT molecular complexity index is 468. The zero-order chi connectivity index (χ0) is 13.9.